The number of amides is 1. The van der Waals surface area contributed by atoms with E-state index in [0.29, 0.717) is 32.0 Å². The van der Waals surface area contributed by atoms with Gasteiger partial charge in [0.1, 0.15) is 11.6 Å². The standard InChI is InChI=1S/C29H40BF2N3O2/c1-29(2,3)26-20-33(17-18-35(26)27(36)19-21-13-15-34(16-14-21)30(4)37)28(22-5-9-24(31)10-6-22)23-7-11-25(32)12-8-23/h5-12,21,26,28,37H,13-20H2,1-4H3/t26-/m1/s1. The van der Waals surface area contributed by atoms with Gasteiger partial charge in [-0.3, -0.25) is 9.69 Å². The zero-order chi connectivity index (χ0) is 26.7. The Morgan fingerprint density at radius 3 is 1.92 bits per heavy atom. The maximum atomic E-state index is 13.7. The summed E-state index contributed by atoms with van der Waals surface area (Å²) in [6.45, 7) is 11.9. The van der Waals surface area contributed by atoms with E-state index in [1.165, 1.54) is 24.3 Å². The van der Waals surface area contributed by atoms with E-state index in [0.717, 1.165) is 37.1 Å². The molecule has 2 aromatic carbocycles. The third-order valence-corrected chi connectivity index (χ3v) is 8.11. The van der Waals surface area contributed by atoms with Crippen molar-refractivity contribution in [1.29, 1.82) is 0 Å². The molecule has 2 fully saturated rings. The van der Waals surface area contributed by atoms with Crippen LogP contribution < -0.4 is 0 Å². The van der Waals surface area contributed by atoms with Crippen LogP contribution in [0.1, 0.15) is 57.2 Å². The van der Waals surface area contributed by atoms with Crippen LogP contribution in [0.15, 0.2) is 48.5 Å². The monoisotopic (exact) mass is 511 g/mol. The molecule has 1 N–H and O–H groups in total. The topological polar surface area (TPSA) is 47.0 Å². The minimum Gasteiger partial charge on any atom is -0.437 e. The number of carbonyl (C=O) groups is 1. The highest BCUT2D eigenvalue weighted by Crippen LogP contribution is 2.36. The summed E-state index contributed by atoms with van der Waals surface area (Å²) in [5.74, 6) is -0.0322. The molecular formula is C29H40BF2N3O2. The van der Waals surface area contributed by atoms with Gasteiger partial charge in [-0.15, -0.1) is 0 Å². The van der Waals surface area contributed by atoms with E-state index < -0.39 is 7.05 Å². The highest BCUT2D eigenvalue weighted by atomic mass is 19.1. The van der Waals surface area contributed by atoms with Crippen molar-refractivity contribution in [3.63, 3.8) is 0 Å². The molecule has 2 aliphatic heterocycles. The fourth-order valence-corrected chi connectivity index (χ4v) is 5.88. The molecule has 2 aliphatic rings. The fraction of sp³-hybridized carbons (Fsp3) is 0.552. The normalized spacial score (nSPS) is 20.4. The van der Waals surface area contributed by atoms with Crippen LogP contribution in [0.3, 0.4) is 0 Å². The molecule has 8 heteroatoms. The average Bonchev–Trinajstić information content (AvgIpc) is 2.86. The van der Waals surface area contributed by atoms with Crippen LogP contribution in [0, 0.1) is 23.0 Å². The Bertz CT molecular complexity index is 989. The van der Waals surface area contributed by atoms with E-state index in [9.17, 15) is 18.6 Å². The molecule has 2 aromatic rings. The molecule has 2 saturated heterocycles. The second kappa shape index (κ2) is 11.6. The van der Waals surface area contributed by atoms with Crippen molar-refractivity contribution in [1.82, 2.24) is 14.6 Å². The molecule has 1 atom stereocenters. The molecule has 0 bridgehead atoms. The first-order valence-electron chi connectivity index (χ1n) is 13.5. The van der Waals surface area contributed by atoms with Gasteiger partial charge < -0.3 is 14.7 Å². The van der Waals surface area contributed by atoms with Crippen molar-refractivity contribution < 1.29 is 18.6 Å². The fourth-order valence-electron chi connectivity index (χ4n) is 5.88. The molecule has 5 nitrogen and oxygen atoms in total. The summed E-state index contributed by atoms with van der Waals surface area (Å²) in [6.07, 6.45) is 2.39. The third kappa shape index (κ3) is 6.78. The molecule has 0 aliphatic carbocycles. The number of nitrogens with zero attached hydrogens (tertiary/aromatic N) is 3. The lowest BCUT2D eigenvalue weighted by Crippen LogP contribution is -2.60. The van der Waals surface area contributed by atoms with E-state index in [-0.39, 0.29) is 35.0 Å². The predicted octanol–water partition coefficient (Wildman–Crippen LogP) is 4.83. The Labute approximate surface area is 220 Å². The van der Waals surface area contributed by atoms with Crippen molar-refractivity contribution >= 4 is 13.0 Å². The zero-order valence-electron chi connectivity index (χ0n) is 22.5. The van der Waals surface area contributed by atoms with Crippen LogP contribution in [-0.4, -0.2) is 71.4 Å². The minimum atomic E-state index is -0.440. The smallest absolute Gasteiger partial charge is 0.376 e. The summed E-state index contributed by atoms with van der Waals surface area (Å²) < 4.78 is 27.5. The van der Waals surface area contributed by atoms with Crippen LogP contribution in [0.5, 0.6) is 0 Å². The Hall–Kier alpha value is -2.29. The molecule has 0 radical (unpaired) electrons. The van der Waals surface area contributed by atoms with E-state index in [2.05, 4.69) is 35.4 Å². The van der Waals surface area contributed by atoms with Crippen molar-refractivity contribution in [3.8, 4) is 0 Å². The summed E-state index contributed by atoms with van der Waals surface area (Å²) in [7, 11) is -0.440. The first-order valence-corrected chi connectivity index (χ1v) is 13.5. The van der Waals surface area contributed by atoms with Crippen molar-refractivity contribution in [2.75, 3.05) is 32.7 Å². The lowest BCUT2D eigenvalue weighted by molar-refractivity contribution is -0.141. The number of carbonyl (C=O) groups excluding carboxylic acids is 1. The van der Waals surface area contributed by atoms with Gasteiger partial charge >= 0.3 is 7.05 Å². The quantitative estimate of drug-likeness (QED) is 0.565. The number of hydrogen-bond acceptors (Lipinski definition) is 4. The number of rotatable bonds is 6. The molecule has 200 valence electrons. The maximum Gasteiger partial charge on any atom is 0.376 e. The second-order valence-electron chi connectivity index (χ2n) is 11.8. The van der Waals surface area contributed by atoms with Gasteiger partial charge in [-0.2, -0.15) is 0 Å². The number of benzene rings is 2. The average molecular weight is 511 g/mol. The molecule has 1 amide bonds. The van der Waals surface area contributed by atoms with Crippen molar-refractivity contribution in [2.45, 2.75) is 58.9 Å². The maximum absolute atomic E-state index is 13.7. The third-order valence-electron chi connectivity index (χ3n) is 8.11. The van der Waals surface area contributed by atoms with E-state index >= 15 is 0 Å². The second-order valence-corrected chi connectivity index (χ2v) is 11.8. The summed E-state index contributed by atoms with van der Waals surface area (Å²) >= 11 is 0. The molecule has 0 unspecified atom stereocenters. The van der Waals surface area contributed by atoms with Crippen molar-refractivity contribution in [2.24, 2.45) is 11.3 Å². The summed E-state index contributed by atoms with van der Waals surface area (Å²) in [6, 6.07) is 12.9. The molecule has 0 aromatic heterocycles. The summed E-state index contributed by atoms with van der Waals surface area (Å²) in [4.78, 5) is 20.1. The molecule has 0 saturated carbocycles. The lowest BCUT2D eigenvalue weighted by Gasteiger charge is -2.50. The first-order chi connectivity index (χ1) is 17.5. The lowest BCUT2D eigenvalue weighted by atomic mass is 9.80. The van der Waals surface area contributed by atoms with Crippen molar-refractivity contribution in [3.05, 3.63) is 71.3 Å². The van der Waals surface area contributed by atoms with Gasteiger partial charge in [-0.1, -0.05) is 45.0 Å². The van der Waals surface area contributed by atoms with Crippen LogP contribution in [0.25, 0.3) is 0 Å². The minimum absolute atomic E-state index is 0.00898. The molecule has 2 heterocycles. The van der Waals surface area contributed by atoms with Crippen LogP contribution in [0.2, 0.25) is 6.82 Å². The van der Waals surface area contributed by atoms with Crippen LogP contribution in [-0.2, 0) is 4.79 Å². The number of piperazine rings is 1. The van der Waals surface area contributed by atoms with Gasteiger partial charge in [0.25, 0.3) is 0 Å². The number of piperidine rings is 1. The highest BCUT2D eigenvalue weighted by molar-refractivity contribution is 6.45. The molecular weight excluding hydrogens is 471 g/mol. The van der Waals surface area contributed by atoms with Gasteiger partial charge in [0.15, 0.2) is 0 Å². The zero-order valence-corrected chi connectivity index (χ0v) is 22.5. The predicted molar refractivity (Wildman–Crippen MR) is 144 cm³/mol. The molecule has 4 rings (SSSR count). The van der Waals surface area contributed by atoms with E-state index in [1.54, 1.807) is 31.1 Å². The van der Waals surface area contributed by atoms with E-state index in [1.807, 2.05) is 0 Å². The Morgan fingerprint density at radius 1 is 0.946 bits per heavy atom. The highest BCUT2D eigenvalue weighted by Gasteiger charge is 2.40. The molecule has 37 heavy (non-hydrogen) atoms. The summed E-state index contributed by atoms with van der Waals surface area (Å²) in [5.41, 5.74) is 1.76. The number of hydrogen-bond donors (Lipinski definition) is 1. The van der Waals surface area contributed by atoms with Crippen LogP contribution >= 0.6 is 0 Å². The summed E-state index contributed by atoms with van der Waals surface area (Å²) in [5, 5.41) is 9.84. The Morgan fingerprint density at radius 2 is 1.46 bits per heavy atom. The van der Waals surface area contributed by atoms with Gasteiger partial charge in [0.2, 0.25) is 5.91 Å². The van der Waals surface area contributed by atoms with Gasteiger partial charge in [-0.25, -0.2) is 8.78 Å². The Balaban J connectivity index is 1.53. The largest absolute Gasteiger partial charge is 0.437 e. The van der Waals surface area contributed by atoms with Gasteiger partial charge in [0, 0.05) is 32.1 Å². The van der Waals surface area contributed by atoms with Crippen LogP contribution in [0.4, 0.5) is 8.78 Å². The Kier molecular flexibility index (Phi) is 8.72. The van der Waals surface area contributed by atoms with E-state index in [4.69, 9.17) is 0 Å². The van der Waals surface area contributed by atoms with Gasteiger partial charge in [-0.05, 0) is 79.5 Å². The first kappa shape index (κ1) is 27.7. The SMILES string of the molecule is CB(O)N1CCC(CC(=O)N2CCN(C(c3ccc(F)cc3)c3ccc(F)cc3)C[C@@H]2C(C)(C)C)CC1. The van der Waals surface area contributed by atoms with Gasteiger partial charge in [0.05, 0.1) is 6.04 Å². The number of halogens is 2. The molecule has 0 spiro atoms.